The van der Waals surface area contributed by atoms with Gasteiger partial charge in [-0.05, 0) is 42.8 Å². The largest absolute Gasteiger partial charge is 0.496 e. The molecule has 0 saturated carbocycles. The van der Waals surface area contributed by atoms with Crippen LogP contribution in [0.3, 0.4) is 0 Å². The highest BCUT2D eigenvalue weighted by Crippen LogP contribution is 2.27. The number of hydrogen-bond acceptors (Lipinski definition) is 5. The monoisotopic (exact) mass is 368 g/mol. The molecule has 3 aromatic rings. The minimum Gasteiger partial charge on any atom is -0.496 e. The van der Waals surface area contributed by atoms with E-state index in [4.69, 9.17) is 9.47 Å². The first-order chi connectivity index (χ1) is 12.7. The van der Waals surface area contributed by atoms with E-state index in [2.05, 4.69) is 17.2 Å². The van der Waals surface area contributed by atoms with E-state index in [1.54, 1.807) is 25.3 Å². The molecular weight excluding hydrogens is 348 g/mol. The number of ether oxygens (including phenoxy) is 2. The van der Waals surface area contributed by atoms with Crippen LogP contribution in [0.1, 0.15) is 23.7 Å². The van der Waals surface area contributed by atoms with Gasteiger partial charge in [-0.25, -0.2) is 4.98 Å². The second-order valence-electron chi connectivity index (χ2n) is 5.57. The molecule has 1 amide bonds. The Labute approximate surface area is 156 Å². The molecule has 1 N–H and O–H groups in total. The van der Waals surface area contributed by atoms with E-state index in [0.717, 1.165) is 23.4 Å². The number of carbonyl (C=O) groups is 1. The summed E-state index contributed by atoms with van der Waals surface area (Å²) < 4.78 is 10.8. The van der Waals surface area contributed by atoms with Crippen molar-refractivity contribution < 1.29 is 14.3 Å². The van der Waals surface area contributed by atoms with Crippen LogP contribution in [-0.2, 0) is 0 Å². The van der Waals surface area contributed by atoms with Gasteiger partial charge in [0.15, 0.2) is 5.13 Å². The lowest BCUT2D eigenvalue weighted by molar-refractivity contribution is 0.102. The summed E-state index contributed by atoms with van der Waals surface area (Å²) in [5.74, 6) is 1.13. The van der Waals surface area contributed by atoms with E-state index in [1.807, 2.05) is 35.7 Å². The molecule has 1 aromatic heterocycles. The van der Waals surface area contributed by atoms with E-state index in [0.29, 0.717) is 23.1 Å². The van der Waals surface area contributed by atoms with Gasteiger partial charge in [-0.1, -0.05) is 19.1 Å². The van der Waals surface area contributed by atoms with E-state index < -0.39 is 0 Å². The van der Waals surface area contributed by atoms with Crippen LogP contribution < -0.4 is 14.8 Å². The molecule has 2 aromatic carbocycles. The molecular formula is C20H20N2O3S. The van der Waals surface area contributed by atoms with E-state index >= 15 is 0 Å². The molecule has 0 bridgehead atoms. The number of para-hydroxylation sites is 1. The third kappa shape index (κ3) is 4.21. The maximum Gasteiger partial charge on any atom is 0.261 e. The Balaban J connectivity index is 1.70. The highest BCUT2D eigenvalue weighted by Gasteiger charge is 2.14. The molecule has 3 rings (SSSR count). The first-order valence-electron chi connectivity index (χ1n) is 8.34. The first kappa shape index (κ1) is 17.9. The zero-order valence-electron chi connectivity index (χ0n) is 14.7. The van der Waals surface area contributed by atoms with Crippen molar-refractivity contribution in [3.8, 4) is 22.8 Å². The molecule has 0 aliphatic carbocycles. The number of amides is 1. The number of nitrogens with one attached hydrogen (secondary N) is 1. The summed E-state index contributed by atoms with van der Waals surface area (Å²) in [6, 6.07) is 14.9. The highest BCUT2D eigenvalue weighted by molar-refractivity contribution is 7.14. The van der Waals surface area contributed by atoms with Gasteiger partial charge in [0.25, 0.3) is 5.91 Å². The molecule has 26 heavy (non-hydrogen) atoms. The van der Waals surface area contributed by atoms with Crippen molar-refractivity contribution in [2.45, 2.75) is 13.3 Å². The van der Waals surface area contributed by atoms with Crippen LogP contribution in [0.4, 0.5) is 5.13 Å². The predicted octanol–water partition coefficient (Wildman–Crippen LogP) is 4.86. The molecule has 6 heteroatoms. The van der Waals surface area contributed by atoms with Crippen molar-refractivity contribution in [1.82, 2.24) is 4.98 Å². The van der Waals surface area contributed by atoms with Gasteiger partial charge in [0.2, 0.25) is 0 Å². The minimum absolute atomic E-state index is 0.244. The van der Waals surface area contributed by atoms with Crippen LogP contribution >= 0.6 is 11.3 Å². The maximum absolute atomic E-state index is 12.4. The maximum atomic E-state index is 12.4. The number of hydrogen-bond donors (Lipinski definition) is 1. The quantitative estimate of drug-likeness (QED) is 0.647. The van der Waals surface area contributed by atoms with Crippen LogP contribution in [0.2, 0.25) is 0 Å². The smallest absolute Gasteiger partial charge is 0.261 e. The fourth-order valence-corrected chi connectivity index (χ4v) is 3.12. The Morgan fingerprint density at radius 3 is 2.65 bits per heavy atom. The van der Waals surface area contributed by atoms with Gasteiger partial charge >= 0.3 is 0 Å². The van der Waals surface area contributed by atoms with Gasteiger partial charge in [0.05, 0.1) is 25.0 Å². The van der Waals surface area contributed by atoms with Crippen molar-refractivity contribution in [2.75, 3.05) is 19.0 Å². The summed E-state index contributed by atoms with van der Waals surface area (Å²) in [7, 11) is 1.54. The summed E-state index contributed by atoms with van der Waals surface area (Å²) in [5, 5.41) is 5.29. The molecule has 0 spiro atoms. The fourth-order valence-electron chi connectivity index (χ4n) is 2.40. The third-order valence-corrected chi connectivity index (χ3v) is 4.46. The number of aromatic nitrogens is 1. The van der Waals surface area contributed by atoms with Crippen molar-refractivity contribution in [3.63, 3.8) is 0 Å². The SMILES string of the molecule is CCCOc1ccc(-c2csc(NC(=O)c3ccccc3OC)n2)cc1. The summed E-state index contributed by atoms with van der Waals surface area (Å²) in [6.07, 6.45) is 0.975. The van der Waals surface area contributed by atoms with Crippen LogP contribution in [0.5, 0.6) is 11.5 Å². The molecule has 0 atom stereocenters. The van der Waals surface area contributed by atoms with Crippen molar-refractivity contribution in [2.24, 2.45) is 0 Å². The number of methoxy groups -OCH3 is 1. The Bertz CT molecular complexity index is 875. The van der Waals surface area contributed by atoms with Gasteiger partial charge < -0.3 is 9.47 Å². The molecule has 134 valence electrons. The predicted molar refractivity (Wildman–Crippen MR) is 104 cm³/mol. The summed E-state index contributed by atoms with van der Waals surface area (Å²) in [6.45, 7) is 2.78. The standard InChI is InChI=1S/C20H20N2O3S/c1-3-12-25-15-10-8-14(9-11-15)17-13-26-20(21-17)22-19(23)16-6-4-5-7-18(16)24-2/h4-11,13H,3,12H2,1-2H3,(H,21,22,23). The average molecular weight is 368 g/mol. The molecule has 1 heterocycles. The number of rotatable bonds is 7. The number of benzene rings is 2. The Hall–Kier alpha value is -2.86. The van der Waals surface area contributed by atoms with Crippen LogP contribution in [0.15, 0.2) is 53.9 Å². The lowest BCUT2D eigenvalue weighted by atomic mass is 10.2. The second-order valence-corrected chi connectivity index (χ2v) is 6.42. The lowest BCUT2D eigenvalue weighted by Gasteiger charge is -2.07. The third-order valence-electron chi connectivity index (χ3n) is 3.70. The summed E-state index contributed by atoms with van der Waals surface area (Å²) in [4.78, 5) is 16.9. The van der Waals surface area contributed by atoms with Gasteiger partial charge in [-0.2, -0.15) is 0 Å². The van der Waals surface area contributed by atoms with Crippen LogP contribution in [0, 0.1) is 0 Å². The van der Waals surface area contributed by atoms with E-state index in [1.165, 1.54) is 11.3 Å². The van der Waals surface area contributed by atoms with Crippen molar-refractivity contribution in [1.29, 1.82) is 0 Å². The zero-order chi connectivity index (χ0) is 18.4. The van der Waals surface area contributed by atoms with Gasteiger partial charge in [-0.3, -0.25) is 10.1 Å². The lowest BCUT2D eigenvalue weighted by Crippen LogP contribution is -2.12. The molecule has 5 nitrogen and oxygen atoms in total. The van der Waals surface area contributed by atoms with Gasteiger partial charge in [0.1, 0.15) is 11.5 Å². The Morgan fingerprint density at radius 1 is 1.15 bits per heavy atom. The van der Waals surface area contributed by atoms with Crippen molar-refractivity contribution >= 4 is 22.4 Å². The molecule has 0 unspecified atom stereocenters. The minimum atomic E-state index is -0.244. The summed E-state index contributed by atoms with van der Waals surface area (Å²) in [5.41, 5.74) is 2.26. The van der Waals surface area contributed by atoms with Crippen molar-refractivity contribution in [3.05, 3.63) is 59.5 Å². The molecule has 0 aliphatic rings. The molecule has 0 aliphatic heterocycles. The van der Waals surface area contributed by atoms with Crippen LogP contribution in [-0.4, -0.2) is 24.6 Å². The zero-order valence-corrected chi connectivity index (χ0v) is 15.5. The van der Waals surface area contributed by atoms with E-state index in [9.17, 15) is 4.79 Å². The van der Waals surface area contributed by atoms with E-state index in [-0.39, 0.29) is 5.91 Å². The second kappa shape index (κ2) is 8.49. The number of nitrogens with zero attached hydrogens (tertiary/aromatic N) is 1. The number of carbonyl (C=O) groups excluding carboxylic acids is 1. The Morgan fingerprint density at radius 2 is 1.92 bits per heavy atom. The summed E-state index contributed by atoms with van der Waals surface area (Å²) >= 11 is 1.38. The van der Waals surface area contributed by atoms with Crippen LogP contribution in [0.25, 0.3) is 11.3 Å². The van der Waals surface area contributed by atoms with Gasteiger partial charge in [-0.15, -0.1) is 11.3 Å². The molecule has 0 radical (unpaired) electrons. The first-order valence-corrected chi connectivity index (χ1v) is 9.22. The topological polar surface area (TPSA) is 60.5 Å². The number of thiazole rings is 1. The molecule has 0 saturated heterocycles. The normalized spacial score (nSPS) is 10.4. The Kier molecular flexibility index (Phi) is 5.86. The average Bonchev–Trinajstić information content (AvgIpc) is 3.15. The van der Waals surface area contributed by atoms with Gasteiger partial charge in [0, 0.05) is 10.9 Å². The molecule has 0 fully saturated rings. The number of anilines is 1. The fraction of sp³-hybridized carbons (Fsp3) is 0.200. The highest BCUT2D eigenvalue weighted by atomic mass is 32.1.